The van der Waals surface area contributed by atoms with E-state index in [0.717, 1.165) is 43.1 Å². The first-order valence-electron chi connectivity index (χ1n) is 6.78. The largest absolute Gasteiger partial charge is 0.454 e. The van der Waals surface area contributed by atoms with Crippen LogP contribution in [0.5, 0.6) is 11.5 Å². The van der Waals surface area contributed by atoms with Gasteiger partial charge in [0.2, 0.25) is 6.79 Å². The fraction of sp³-hybridized carbons (Fsp3) is 0.571. The highest BCUT2D eigenvalue weighted by molar-refractivity contribution is 5.46. The van der Waals surface area contributed by atoms with Crippen LogP contribution in [0.4, 0.5) is 0 Å². The van der Waals surface area contributed by atoms with E-state index < -0.39 is 5.60 Å². The summed E-state index contributed by atoms with van der Waals surface area (Å²) in [4.78, 5) is 0. The van der Waals surface area contributed by atoms with E-state index in [1.165, 1.54) is 0 Å². The molecule has 0 bridgehead atoms. The number of benzene rings is 1. The predicted octanol–water partition coefficient (Wildman–Crippen LogP) is -0.336. The standard InChI is InChI=1S/C14H20N2O3/c1-13(14(16,8-15)5-2-6-19-13)10-3-4-11-12(7-10)18-9-17-11/h3-4,7H,2,5-6,8-9,15-16H2,1H3/p+2. The Morgan fingerprint density at radius 2 is 2.05 bits per heavy atom. The van der Waals surface area contributed by atoms with Gasteiger partial charge in [-0.05, 0) is 31.0 Å². The number of fused-ring (bicyclic) bond motifs is 1. The monoisotopic (exact) mass is 266 g/mol. The van der Waals surface area contributed by atoms with Crippen molar-refractivity contribution in [3.63, 3.8) is 0 Å². The molecule has 104 valence electrons. The second-order valence-electron chi connectivity index (χ2n) is 5.58. The summed E-state index contributed by atoms with van der Waals surface area (Å²) >= 11 is 0. The van der Waals surface area contributed by atoms with Crippen molar-refractivity contribution in [2.45, 2.75) is 30.9 Å². The molecule has 5 nitrogen and oxygen atoms in total. The van der Waals surface area contributed by atoms with Crippen LogP contribution in [-0.2, 0) is 10.3 Å². The first kappa shape index (κ1) is 12.7. The van der Waals surface area contributed by atoms with Gasteiger partial charge in [0.15, 0.2) is 22.6 Å². The molecular weight excluding hydrogens is 244 g/mol. The van der Waals surface area contributed by atoms with Crippen LogP contribution in [0.2, 0.25) is 0 Å². The molecule has 2 heterocycles. The van der Waals surface area contributed by atoms with Crippen molar-refractivity contribution in [1.82, 2.24) is 0 Å². The molecule has 0 amide bonds. The second kappa shape index (κ2) is 4.37. The van der Waals surface area contributed by atoms with Crippen LogP contribution in [0.25, 0.3) is 0 Å². The van der Waals surface area contributed by atoms with E-state index in [1.807, 2.05) is 12.1 Å². The first-order chi connectivity index (χ1) is 9.09. The number of rotatable bonds is 2. The van der Waals surface area contributed by atoms with Crippen LogP contribution in [0.1, 0.15) is 25.3 Å². The van der Waals surface area contributed by atoms with Crippen LogP contribution < -0.4 is 20.9 Å². The molecule has 0 aromatic heterocycles. The van der Waals surface area contributed by atoms with Crippen molar-refractivity contribution in [3.8, 4) is 11.5 Å². The summed E-state index contributed by atoms with van der Waals surface area (Å²) in [5.74, 6) is 1.59. The average Bonchev–Trinajstić information content (AvgIpc) is 2.89. The minimum atomic E-state index is -0.423. The fourth-order valence-electron chi connectivity index (χ4n) is 3.02. The normalized spacial score (nSPS) is 33.4. The smallest absolute Gasteiger partial charge is 0.231 e. The Labute approximate surface area is 112 Å². The van der Waals surface area contributed by atoms with Crippen molar-refractivity contribution in [1.29, 1.82) is 0 Å². The molecule has 0 aliphatic carbocycles. The molecule has 2 unspecified atom stereocenters. The van der Waals surface area contributed by atoms with E-state index in [0.29, 0.717) is 6.79 Å². The van der Waals surface area contributed by atoms with Gasteiger partial charge in [-0.3, -0.25) is 0 Å². The van der Waals surface area contributed by atoms with Gasteiger partial charge < -0.3 is 25.7 Å². The Bertz CT molecular complexity index is 494. The molecule has 1 aromatic rings. The zero-order valence-electron chi connectivity index (χ0n) is 11.4. The molecule has 0 spiro atoms. The van der Waals surface area contributed by atoms with Gasteiger partial charge in [0, 0.05) is 13.0 Å². The van der Waals surface area contributed by atoms with E-state index in [9.17, 15) is 0 Å². The van der Waals surface area contributed by atoms with Crippen LogP contribution >= 0.6 is 0 Å². The third-order valence-corrected chi connectivity index (χ3v) is 4.60. The van der Waals surface area contributed by atoms with Crippen molar-refractivity contribution in [2.75, 3.05) is 19.9 Å². The summed E-state index contributed by atoms with van der Waals surface area (Å²) in [7, 11) is 0. The lowest BCUT2D eigenvalue weighted by atomic mass is 9.72. The van der Waals surface area contributed by atoms with E-state index in [4.69, 9.17) is 14.2 Å². The van der Waals surface area contributed by atoms with Gasteiger partial charge in [-0.1, -0.05) is 6.07 Å². The van der Waals surface area contributed by atoms with Crippen LogP contribution in [-0.4, -0.2) is 25.5 Å². The van der Waals surface area contributed by atoms with Crippen LogP contribution in [0, 0.1) is 0 Å². The molecular formula is C14H22N2O3+2. The molecule has 0 radical (unpaired) electrons. The minimum Gasteiger partial charge on any atom is -0.454 e. The molecule has 1 aromatic carbocycles. The number of hydrogen-bond donors (Lipinski definition) is 2. The molecule has 19 heavy (non-hydrogen) atoms. The Kier molecular flexibility index (Phi) is 2.92. The Balaban J connectivity index is 2.03. The van der Waals surface area contributed by atoms with Crippen molar-refractivity contribution in [2.24, 2.45) is 0 Å². The van der Waals surface area contributed by atoms with Crippen molar-refractivity contribution >= 4 is 0 Å². The van der Waals surface area contributed by atoms with Crippen LogP contribution in [0.15, 0.2) is 18.2 Å². The molecule has 1 saturated heterocycles. The SMILES string of the molecule is CC1(c2ccc3c(c2)OCO3)OCCCC1([NH3+])C[NH3+]. The molecule has 2 aliphatic rings. The van der Waals surface area contributed by atoms with Gasteiger partial charge in [0.1, 0.15) is 6.54 Å². The van der Waals surface area contributed by atoms with Gasteiger partial charge in [-0.25, -0.2) is 0 Å². The Morgan fingerprint density at radius 3 is 2.84 bits per heavy atom. The lowest BCUT2D eigenvalue weighted by Gasteiger charge is -2.44. The summed E-state index contributed by atoms with van der Waals surface area (Å²) < 4.78 is 16.9. The first-order valence-corrected chi connectivity index (χ1v) is 6.78. The molecule has 5 heteroatoms. The van der Waals surface area contributed by atoms with Gasteiger partial charge in [0.05, 0.1) is 0 Å². The fourth-order valence-corrected chi connectivity index (χ4v) is 3.02. The summed E-state index contributed by atoms with van der Waals surface area (Å²) in [5.41, 5.74) is 8.96. The van der Waals surface area contributed by atoms with Crippen LogP contribution in [0.3, 0.4) is 0 Å². The molecule has 2 aliphatic heterocycles. The maximum Gasteiger partial charge on any atom is 0.231 e. The van der Waals surface area contributed by atoms with Gasteiger partial charge in [-0.15, -0.1) is 0 Å². The average molecular weight is 266 g/mol. The lowest BCUT2D eigenvalue weighted by molar-refractivity contribution is -0.578. The maximum absolute atomic E-state index is 6.12. The third kappa shape index (κ3) is 1.81. The van der Waals surface area contributed by atoms with E-state index >= 15 is 0 Å². The zero-order valence-corrected chi connectivity index (χ0v) is 11.4. The third-order valence-electron chi connectivity index (χ3n) is 4.60. The van der Waals surface area contributed by atoms with Gasteiger partial charge in [0.25, 0.3) is 0 Å². The Hall–Kier alpha value is -1.30. The summed E-state index contributed by atoms with van der Waals surface area (Å²) in [6.45, 7) is 3.92. The highest BCUT2D eigenvalue weighted by Crippen LogP contribution is 2.43. The highest BCUT2D eigenvalue weighted by Gasteiger charge is 2.54. The summed E-state index contributed by atoms with van der Waals surface area (Å²) in [6, 6.07) is 6.02. The summed E-state index contributed by atoms with van der Waals surface area (Å²) in [5, 5.41) is 0. The molecule has 6 N–H and O–H groups in total. The summed E-state index contributed by atoms with van der Waals surface area (Å²) in [6.07, 6.45) is 2.07. The maximum atomic E-state index is 6.12. The van der Waals surface area contributed by atoms with Crippen molar-refractivity contribution < 1.29 is 25.7 Å². The zero-order chi connectivity index (χ0) is 13.5. The molecule has 0 saturated carbocycles. The van der Waals surface area contributed by atoms with E-state index in [1.54, 1.807) is 0 Å². The predicted molar refractivity (Wildman–Crippen MR) is 68.5 cm³/mol. The number of ether oxygens (including phenoxy) is 3. The molecule has 3 rings (SSSR count). The van der Waals surface area contributed by atoms with E-state index in [2.05, 4.69) is 24.5 Å². The Morgan fingerprint density at radius 1 is 1.26 bits per heavy atom. The number of quaternary nitrogens is 2. The lowest BCUT2D eigenvalue weighted by Crippen LogP contribution is -2.89. The second-order valence-corrected chi connectivity index (χ2v) is 5.58. The van der Waals surface area contributed by atoms with E-state index in [-0.39, 0.29) is 5.54 Å². The molecule has 1 fully saturated rings. The number of hydrogen-bond acceptors (Lipinski definition) is 3. The van der Waals surface area contributed by atoms with Gasteiger partial charge >= 0.3 is 0 Å². The van der Waals surface area contributed by atoms with Gasteiger partial charge in [-0.2, -0.15) is 0 Å². The quantitative estimate of drug-likeness (QED) is 0.768. The highest BCUT2D eigenvalue weighted by atomic mass is 16.7. The minimum absolute atomic E-state index is 0.195. The molecule has 2 atom stereocenters. The van der Waals surface area contributed by atoms with Crippen molar-refractivity contribution in [3.05, 3.63) is 23.8 Å². The topological polar surface area (TPSA) is 83.0 Å².